The minimum absolute atomic E-state index is 0.138. The molecule has 0 spiro atoms. The Hall–Kier alpha value is -2.34. The molecule has 120 valence electrons. The molecular weight excluding hydrogens is 360 g/mol. The Labute approximate surface area is 143 Å². The topological polar surface area (TPSA) is 67.4 Å². The second kappa shape index (κ2) is 7.78. The van der Waals surface area contributed by atoms with Crippen LogP contribution in [0.15, 0.2) is 53.0 Å². The van der Waals surface area contributed by atoms with E-state index >= 15 is 0 Å². The van der Waals surface area contributed by atoms with Gasteiger partial charge in [-0.05, 0) is 55.5 Å². The number of halogens is 1. The van der Waals surface area contributed by atoms with Gasteiger partial charge in [-0.3, -0.25) is 9.59 Å². The fraction of sp³-hybridized carbons (Fsp3) is 0.176. The van der Waals surface area contributed by atoms with Crippen molar-refractivity contribution in [2.45, 2.75) is 20.0 Å². The minimum Gasteiger partial charge on any atom is -0.481 e. The number of nitrogens with one attached hydrogen (secondary N) is 2. The van der Waals surface area contributed by atoms with Crippen molar-refractivity contribution in [3.05, 3.63) is 53.0 Å². The molecular formula is C17H17BrN2O3. The molecule has 5 nitrogen and oxygen atoms in total. The van der Waals surface area contributed by atoms with E-state index in [-0.39, 0.29) is 11.8 Å². The second-order valence-corrected chi connectivity index (χ2v) is 5.88. The Bertz CT molecular complexity index is 684. The molecule has 23 heavy (non-hydrogen) atoms. The fourth-order valence-electron chi connectivity index (χ4n) is 1.85. The molecule has 0 aliphatic heterocycles. The molecule has 2 rings (SSSR count). The average Bonchev–Trinajstić information content (AvgIpc) is 2.51. The molecule has 0 bridgehead atoms. The second-order valence-electron chi connectivity index (χ2n) is 4.96. The molecule has 0 saturated carbocycles. The molecule has 0 heterocycles. The van der Waals surface area contributed by atoms with Crippen molar-refractivity contribution in [3.8, 4) is 5.75 Å². The Balaban J connectivity index is 1.92. The van der Waals surface area contributed by atoms with Crippen LogP contribution in [-0.4, -0.2) is 17.9 Å². The highest BCUT2D eigenvalue weighted by molar-refractivity contribution is 9.10. The first-order valence-electron chi connectivity index (χ1n) is 7.05. The smallest absolute Gasteiger partial charge is 0.265 e. The zero-order valence-electron chi connectivity index (χ0n) is 12.8. The Morgan fingerprint density at radius 2 is 1.48 bits per heavy atom. The van der Waals surface area contributed by atoms with E-state index in [4.69, 9.17) is 4.74 Å². The predicted molar refractivity (Wildman–Crippen MR) is 93.6 cm³/mol. The molecule has 0 radical (unpaired) electrons. The highest BCUT2D eigenvalue weighted by Gasteiger charge is 2.14. The highest BCUT2D eigenvalue weighted by Crippen LogP contribution is 2.18. The summed E-state index contributed by atoms with van der Waals surface area (Å²) < 4.78 is 6.54. The van der Waals surface area contributed by atoms with Gasteiger partial charge >= 0.3 is 0 Å². The van der Waals surface area contributed by atoms with Crippen LogP contribution < -0.4 is 15.4 Å². The van der Waals surface area contributed by atoms with E-state index in [0.29, 0.717) is 17.1 Å². The summed E-state index contributed by atoms with van der Waals surface area (Å²) >= 11 is 3.34. The maximum atomic E-state index is 12.1. The Kier molecular flexibility index (Phi) is 5.76. The van der Waals surface area contributed by atoms with Gasteiger partial charge in [-0.2, -0.15) is 0 Å². The third kappa shape index (κ3) is 5.41. The van der Waals surface area contributed by atoms with Gasteiger partial charge in [0.1, 0.15) is 5.75 Å². The van der Waals surface area contributed by atoms with Gasteiger partial charge in [0.25, 0.3) is 5.91 Å². The zero-order chi connectivity index (χ0) is 16.8. The monoisotopic (exact) mass is 376 g/mol. The normalized spacial score (nSPS) is 11.4. The van der Waals surface area contributed by atoms with Crippen molar-refractivity contribution < 1.29 is 14.3 Å². The minimum atomic E-state index is -0.648. The lowest BCUT2D eigenvalue weighted by atomic mass is 10.2. The van der Waals surface area contributed by atoms with Gasteiger partial charge in [0.15, 0.2) is 6.10 Å². The third-order valence-electron chi connectivity index (χ3n) is 2.97. The van der Waals surface area contributed by atoms with Crippen LogP contribution >= 0.6 is 15.9 Å². The first-order chi connectivity index (χ1) is 10.9. The van der Waals surface area contributed by atoms with Gasteiger partial charge in [-0.25, -0.2) is 0 Å². The maximum absolute atomic E-state index is 12.1. The van der Waals surface area contributed by atoms with Crippen LogP contribution in [0.2, 0.25) is 0 Å². The number of benzene rings is 2. The van der Waals surface area contributed by atoms with E-state index in [1.54, 1.807) is 43.3 Å². The summed E-state index contributed by atoms with van der Waals surface area (Å²) in [5.74, 6) is 0.178. The molecule has 0 saturated heterocycles. The van der Waals surface area contributed by atoms with Gasteiger partial charge in [0, 0.05) is 22.8 Å². The summed E-state index contributed by atoms with van der Waals surface area (Å²) in [5, 5.41) is 5.45. The van der Waals surface area contributed by atoms with E-state index < -0.39 is 6.10 Å². The van der Waals surface area contributed by atoms with Crippen LogP contribution in [0.3, 0.4) is 0 Å². The quantitative estimate of drug-likeness (QED) is 0.833. The van der Waals surface area contributed by atoms with Crippen molar-refractivity contribution in [1.82, 2.24) is 0 Å². The standard InChI is InChI=1S/C17H17BrN2O3/c1-11(17(22)20-15-5-3-13(18)4-6-15)23-16-9-7-14(8-10-16)19-12(2)21/h3-11H,1-2H3,(H,19,21)(H,20,22)/t11-/m1/s1. The molecule has 0 aromatic heterocycles. The molecule has 6 heteroatoms. The van der Waals surface area contributed by atoms with E-state index in [2.05, 4.69) is 26.6 Å². The van der Waals surface area contributed by atoms with Crippen molar-refractivity contribution in [2.75, 3.05) is 10.6 Å². The van der Waals surface area contributed by atoms with Crippen molar-refractivity contribution in [2.24, 2.45) is 0 Å². The van der Waals surface area contributed by atoms with E-state index in [9.17, 15) is 9.59 Å². The Morgan fingerprint density at radius 3 is 2.04 bits per heavy atom. The van der Waals surface area contributed by atoms with Crippen LogP contribution in [0.1, 0.15) is 13.8 Å². The van der Waals surface area contributed by atoms with Crippen LogP contribution in [-0.2, 0) is 9.59 Å². The van der Waals surface area contributed by atoms with E-state index in [1.165, 1.54) is 6.92 Å². The summed E-state index contributed by atoms with van der Waals surface area (Å²) in [6.45, 7) is 3.12. The first-order valence-corrected chi connectivity index (χ1v) is 7.84. The van der Waals surface area contributed by atoms with Gasteiger partial charge in [0.2, 0.25) is 5.91 Å². The van der Waals surface area contributed by atoms with Gasteiger partial charge in [-0.1, -0.05) is 15.9 Å². The van der Waals surface area contributed by atoms with E-state index in [1.807, 2.05) is 12.1 Å². The highest BCUT2D eigenvalue weighted by atomic mass is 79.9. The molecule has 2 N–H and O–H groups in total. The SMILES string of the molecule is CC(=O)Nc1ccc(O[C@H](C)C(=O)Nc2ccc(Br)cc2)cc1. The van der Waals surface area contributed by atoms with Gasteiger partial charge in [0.05, 0.1) is 0 Å². The number of carbonyl (C=O) groups excluding carboxylic acids is 2. The van der Waals surface area contributed by atoms with Crippen molar-refractivity contribution in [1.29, 1.82) is 0 Å². The number of hydrogen-bond donors (Lipinski definition) is 2. The fourth-order valence-corrected chi connectivity index (χ4v) is 2.12. The Morgan fingerprint density at radius 1 is 0.957 bits per heavy atom. The zero-order valence-corrected chi connectivity index (χ0v) is 14.4. The lowest BCUT2D eigenvalue weighted by Gasteiger charge is -2.15. The molecule has 0 unspecified atom stereocenters. The number of anilines is 2. The molecule has 0 fully saturated rings. The molecule has 1 atom stereocenters. The molecule has 0 aliphatic rings. The van der Waals surface area contributed by atoms with Crippen LogP contribution in [0.25, 0.3) is 0 Å². The summed E-state index contributed by atoms with van der Waals surface area (Å²) in [5.41, 5.74) is 1.38. The number of ether oxygens (including phenoxy) is 1. The average molecular weight is 377 g/mol. The summed E-state index contributed by atoms with van der Waals surface area (Å²) in [4.78, 5) is 23.1. The largest absolute Gasteiger partial charge is 0.481 e. The van der Waals surface area contributed by atoms with Crippen molar-refractivity contribution >= 4 is 39.1 Å². The summed E-state index contributed by atoms with van der Waals surface area (Å²) in [6, 6.07) is 14.1. The van der Waals surface area contributed by atoms with Crippen LogP contribution in [0.4, 0.5) is 11.4 Å². The predicted octanol–water partition coefficient (Wildman–Crippen LogP) is 3.81. The van der Waals surface area contributed by atoms with Crippen molar-refractivity contribution in [3.63, 3.8) is 0 Å². The first kappa shape index (κ1) is 17.0. The molecule has 2 aromatic carbocycles. The van der Waals surface area contributed by atoms with Gasteiger partial charge in [-0.15, -0.1) is 0 Å². The summed E-state index contributed by atoms with van der Waals surface area (Å²) in [6.07, 6.45) is -0.648. The van der Waals surface area contributed by atoms with Gasteiger partial charge < -0.3 is 15.4 Å². The summed E-state index contributed by atoms with van der Waals surface area (Å²) in [7, 11) is 0. The lowest BCUT2D eigenvalue weighted by molar-refractivity contribution is -0.122. The lowest BCUT2D eigenvalue weighted by Crippen LogP contribution is -2.30. The maximum Gasteiger partial charge on any atom is 0.265 e. The molecule has 2 aromatic rings. The number of carbonyl (C=O) groups is 2. The number of rotatable bonds is 5. The number of amides is 2. The number of hydrogen-bond acceptors (Lipinski definition) is 3. The van der Waals surface area contributed by atoms with E-state index in [0.717, 1.165) is 4.47 Å². The van der Waals surface area contributed by atoms with Crippen LogP contribution in [0.5, 0.6) is 5.75 Å². The third-order valence-corrected chi connectivity index (χ3v) is 3.50. The molecule has 2 amide bonds. The molecule has 0 aliphatic carbocycles. The van der Waals surface area contributed by atoms with Crippen LogP contribution in [0, 0.1) is 0 Å².